The molecule has 1 aliphatic heterocycles. The molecule has 2 N–H and O–H groups in total. The Kier molecular flexibility index (Phi) is 5.16. The van der Waals surface area contributed by atoms with Crippen LogP contribution in [0, 0.1) is 0 Å². The Balaban J connectivity index is 2.16. The maximum Gasteiger partial charge on any atom is 0.321 e. The highest BCUT2D eigenvalue weighted by molar-refractivity contribution is 8.23. The van der Waals surface area contributed by atoms with Crippen LogP contribution in [-0.4, -0.2) is 60.8 Å². The predicted octanol–water partition coefficient (Wildman–Crippen LogP) is 0.898. The Morgan fingerprint density at radius 3 is 2.68 bits per heavy atom. The highest BCUT2D eigenvalue weighted by atomic mass is 32.2. The third-order valence-corrected chi connectivity index (χ3v) is 4.47. The van der Waals surface area contributed by atoms with Gasteiger partial charge in [-0.3, -0.25) is 24.2 Å². The lowest BCUT2D eigenvalue weighted by Gasteiger charge is -2.37. The molecular weight excluding hydrogens is 332 g/mol. The lowest BCUT2D eigenvalue weighted by Crippen LogP contribution is -2.53. The molecule has 2 rings (SSSR count). The molecular formula is C12H12N2O6S2. The van der Waals surface area contributed by atoms with Gasteiger partial charge in [-0.15, -0.1) is 0 Å². The number of hydrogen-bond acceptors (Lipinski definition) is 7. The van der Waals surface area contributed by atoms with Crippen LogP contribution in [0.1, 0.15) is 17.0 Å². The number of carboxylic acid groups (broad SMARTS) is 2. The van der Waals surface area contributed by atoms with Crippen LogP contribution in [0.15, 0.2) is 22.8 Å². The van der Waals surface area contributed by atoms with E-state index in [0.29, 0.717) is 0 Å². The summed E-state index contributed by atoms with van der Waals surface area (Å²) in [5.41, 5.74) is 0. The quantitative estimate of drug-likeness (QED) is 0.752. The van der Waals surface area contributed by atoms with E-state index in [0.717, 1.165) is 11.8 Å². The fourth-order valence-electron chi connectivity index (χ4n) is 1.90. The molecule has 1 aromatic rings. The average molecular weight is 344 g/mol. The minimum atomic E-state index is -1.26. The second kappa shape index (κ2) is 6.90. The maximum atomic E-state index is 12.3. The van der Waals surface area contributed by atoms with Gasteiger partial charge in [0.15, 0.2) is 5.76 Å². The van der Waals surface area contributed by atoms with Crippen molar-refractivity contribution < 1.29 is 29.0 Å². The van der Waals surface area contributed by atoms with Gasteiger partial charge in [0.2, 0.25) is 0 Å². The summed E-state index contributed by atoms with van der Waals surface area (Å²) in [4.78, 5) is 36.9. The van der Waals surface area contributed by atoms with Gasteiger partial charge < -0.3 is 14.6 Å². The number of thiocarbonyl (C=S) groups is 1. The van der Waals surface area contributed by atoms with Crippen LogP contribution in [0.4, 0.5) is 0 Å². The normalized spacial score (nSPS) is 17.3. The third kappa shape index (κ3) is 3.64. The van der Waals surface area contributed by atoms with Gasteiger partial charge in [-0.2, -0.15) is 0 Å². The van der Waals surface area contributed by atoms with E-state index in [1.54, 1.807) is 6.07 Å². The number of thioether (sulfide) groups is 1. The number of furan rings is 1. The molecule has 22 heavy (non-hydrogen) atoms. The van der Waals surface area contributed by atoms with Crippen molar-refractivity contribution in [1.29, 1.82) is 0 Å². The Hall–Kier alpha value is -1.91. The largest absolute Gasteiger partial charge is 0.481 e. The van der Waals surface area contributed by atoms with Crippen molar-refractivity contribution in [1.82, 2.24) is 9.80 Å². The maximum absolute atomic E-state index is 12.3. The predicted molar refractivity (Wildman–Crippen MR) is 80.3 cm³/mol. The molecule has 1 amide bonds. The summed E-state index contributed by atoms with van der Waals surface area (Å²) < 4.78 is 5.30. The van der Waals surface area contributed by atoms with Crippen LogP contribution in [0.5, 0.6) is 0 Å². The van der Waals surface area contributed by atoms with Crippen molar-refractivity contribution >= 4 is 46.1 Å². The molecule has 1 atom stereocenters. The molecule has 0 radical (unpaired) electrons. The zero-order valence-corrected chi connectivity index (χ0v) is 12.8. The number of carboxylic acids is 2. The Morgan fingerprint density at radius 2 is 2.14 bits per heavy atom. The highest BCUT2D eigenvalue weighted by Crippen LogP contribution is 2.23. The summed E-state index contributed by atoms with van der Waals surface area (Å²) in [5.74, 6) is -2.71. The Labute approximate surface area is 134 Å². The van der Waals surface area contributed by atoms with Crippen molar-refractivity contribution in [2.45, 2.75) is 12.5 Å². The van der Waals surface area contributed by atoms with Gasteiger partial charge >= 0.3 is 11.9 Å². The first-order chi connectivity index (χ1) is 10.4. The smallest absolute Gasteiger partial charge is 0.321 e. The lowest BCUT2D eigenvalue weighted by atomic mass is 10.2. The SMILES string of the molecule is O=C(O)CC(C(=O)O)N1CSC(=S)N(C(=O)c2ccco2)C1. The second-order valence-corrected chi connectivity index (χ2v) is 6.01. The van der Waals surface area contributed by atoms with Crippen molar-refractivity contribution in [3.05, 3.63) is 24.2 Å². The fourth-order valence-corrected chi connectivity index (χ4v) is 3.04. The molecule has 10 heteroatoms. The van der Waals surface area contributed by atoms with Crippen LogP contribution in [0.25, 0.3) is 0 Å². The van der Waals surface area contributed by atoms with Gasteiger partial charge in [-0.1, -0.05) is 24.0 Å². The number of rotatable bonds is 5. The van der Waals surface area contributed by atoms with Gasteiger partial charge in [-0.05, 0) is 12.1 Å². The molecule has 8 nitrogen and oxygen atoms in total. The molecule has 1 aliphatic rings. The third-order valence-electron chi connectivity index (χ3n) is 2.97. The number of nitrogens with zero attached hydrogens (tertiary/aromatic N) is 2. The van der Waals surface area contributed by atoms with E-state index in [9.17, 15) is 19.5 Å². The molecule has 1 fully saturated rings. The van der Waals surface area contributed by atoms with Crippen LogP contribution < -0.4 is 0 Å². The molecule has 2 heterocycles. The van der Waals surface area contributed by atoms with E-state index in [2.05, 4.69) is 0 Å². The summed E-state index contributed by atoms with van der Waals surface area (Å²) in [6.45, 7) is -0.102. The zero-order valence-electron chi connectivity index (χ0n) is 11.2. The topological polar surface area (TPSA) is 111 Å². The molecule has 0 spiro atoms. The summed E-state index contributed by atoms with van der Waals surface area (Å²) in [6.07, 6.45) is 0.779. The molecule has 1 unspecified atom stereocenters. The van der Waals surface area contributed by atoms with E-state index in [4.69, 9.17) is 21.7 Å². The summed E-state index contributed by atoms with van der Waals surface area (Å²) in [7, 11) is 0. The average Bonchev–Trinajstić information content (AvgIpc) is 2.98. The first kappa shape index (κ1) is 16.5. The number of carbonyl (C=O) groups excluding carboxylic acids is 1. The minimum Gasteiger partial charge on any atom is -0.481 e. The van der Waals surface area contributed by atoms with E-state index in [1.807, 2.05) is 0 Å². The number of aliphatic carboxylic acids is 2. The van der Waals surface area contributed by atoms with Gasteiger partial charge in [-0.25, -0.2) is 0 Å². The number of hydrogen-bond donors (Lipinski definition) is 2. The molecule has 118 valence electrons. The summed E-state index contributed by atoms with van der Waals surface area (Å²) in [5, 5.41) is 18.0. The van der Waals surface area contributed by atoms with Crippen molar-refractivity contribution in [3.63, 3.8) is 0 Å². The Morgan fingerprint density at radius 1 is 1.41 bits per heavy atom. The van der Waals surface area contributed by atoms with Crippen molar-refractivity contribution in [2.75, 3.05) is 12.5 Å². The summed E-state index contributed by atoms with van der Waals surface area (Å²) in [6, 6.07) is 1.79. The Bertz CT molecular complexity index is 603. The lowest BCUT2D eigenvalue weighted by molar-refractivity contribution is -0.149. The number of carbonyl (C=O) groups is 3. The van der Waals surface area contributed by atoms with Gasteiger partial charge in [0, 0.05) is 0 Å². The molecule has 0 bridgehead atoms. The van der Waals surface area contributed by atoms with Gasteiger partial charge in [0.1, 0.15) is 10.4 Å². The van der Waals surface area contributed by atoms with Gasteiger partial charge in [0.05, 0.1) is 25.2 Å². The minimum absolute atomic E-state index is 0.0786. The first-order valence-electron chi connectivity index (χ1n) is 6.11. The molecule has 1 aromatic heterocycles. The molecule has 1 saturated heterocycles. The van der Waals surface area contributed by atoms with Crippen molar-refractivity contribution in [2.24, 2.45) is 0 Å². The summed E-state index contributed by atoms with van der Waals surface area (Å²) >= 11 is 6.20. The fraction of sp³-hybridized carbons (Fsp3) is 0.333. The van der Waals surface area contributed by atoms with E-state index < -0.39 is 30.3 Å². The first-order valence-corrected chi connectivity index (χ1v) is 7.50. The van der Waals surface area contributed by atoms with E-state index in [1.165, 1.54) is 22.1 Å². The molecule has 0 saturated carbocycles. The van der Waals surface area contributed by atoms with Crippen LogP contribution in [0.3, 0.4) is 0 Å². The van der Waals surface area contributed by atoms with Crippen molar-refractivity contribution in [3.8, 4) is 0 Å². The van der Waals surface area contributed by atoms with Gasteiger partial charge in [0.25, 0.3) is 5.91 Å². The molecule has 0 aromatic carbocycles. The van der Waals surface area contributed by atoms with Crippen LogP contribution in [-0.2, 0) is 9.59 Å². The number of amides is 1. The standard InChI is InChI=1S/C12H12N2O6S2/c15-9(16)4-7(11(18)19)13-5-14(12(21)22-6-13)10(17)8-2-1-3-20-8/h1-3,7H,4-6H2,(H,15,16)(H,18,19). The zero-order chi connectivity index (χ0) is 16.3. The monoisotopic (exact) mass is 344 g/mol. The van der Waals surface area contributed by atoms with Crippen LogP contribution >= 0.6 is 24.0 Å². The van der Waals surface area contributed by atoms with E-state index >= 15 is 0 Å². The van der Waals surface area contributed by atoms with Crippen LogP contribution in [0.2, 0.25) is 0 Å². The van der Waals surface area contributed by atoms with E-state index in [-0.39, 0.29) is 22.6 Å². The second-order valence-electron chi connectivity index (χ2n) is 4.43. The molecule has 0 aliphatic carbocycles. The highest BCUT2D eigenvalue weighted by Gasteiger charge is 2.36.